The van der Waals surface area contributed by atoms with Gasteiger partial charge in [-0.3, -0.25) is 4.79 Å². The van der Waals surface area contributed by atoms with E-state index in [4.69, 9.17) is 23.9 Å². The molecule has 35 heavy (non-hydrogen) atoms. The number of esters is 1. The molecule has 1 aromatic rings. The van der Waals surface area contributed by atoms with Crippen molar-refractivity contribution in [2.75, 3.05) is 40.5 Å². The van der Waals surface area contributed by atoms with Crippen molar-refractivity contribution in [1.82, 2.24) is 9.80 Å². The van der Waals surface area contributed by atoms with Crippen LogP contribution in [0.3, 0.4) is 0 Å². The summed E-state index contributed by atoms with van der Waals surface area (Å²) in [6.45, 7) is 7.63. The molecule has 1 amide bonds. The van der Waals surface area contributed by atoms with Gasteiger partial charge in [0.25, 0.3) is 0 Å². The molecule has 188 valence electrons. The SMILES string of the molecule is COc1ccc(OC)c([C@@H]2C(C(=O)OC(C)C)=C(C)N=C3SC=C(CC(=O)N4CCOCC4)N32)c1. The van der Waals surface area contributed by atoms with E-state index in [1.165, 1.54) is 11.8 Å². The number of fused-ring (bicyclic) bond motifs is 1. The van der Waals surface area contributed by atoms with Gasteiger partial charge in [0, 0.05) is 24.4 Å². The number of methoxy groups -OCH3 is 2. The van der Waals surface area contributed by atoms with E-state index in [-0.39, 0.29) is 18.4 Å². The van der Waals surface area contributed by atoms with E-state index in [1.807, 2.05) is 41.2 Å². The van der Waals surface area contributed by atoms with Crippen LogP contribution < -0.4 is 9.47 Å². The predicted octanol–water partition coefficient (Wildman–Crippen LogP) is 3.48. The minimum absolute atomic E-state index is 0.00957. The Hall–Kier alpha value is -2.98. The molecule has 1 atom stereocenters. The maximum Gasteiger partial charge on any atom is 0.338 e. The summed E-state index contributed by atoms with van der Waals surface area (Å²) in [6, 6.07) is 4.87. The first-order valence-corrected chi connectivity index (χ1v) is 12.4. The van der Waals surface area contributed by atoms with Crippen molar-refractivity contribution >= 4 is 28.8 Å². The molecular formula is C25H31N3O6S. The molecule has 1 fully saturated rings. The highest BCUT2D eigenvalue weighted by atomic mass is 32.2. The number of amides is 1. The summed E-state index contributed by atoms with van der Waals surface area (Å²) in [5.74, 6) is 0.776. The average molecular weight is 502 g/mol. The molecule has 3 heterocycles. The molecule has 0 radical (unpaired) electrons. The maximum absolute atomic E-state index is 13.4. The molecule has 1 saturated heterocycles. The summed E-state index contributed by atoms with van der Waals surface area (Å²) in [5, 5.41) is 2.63. The topological polar surface area (TPSA) is 89.9 Å². The Morgan fingerprint density at radius 1 is 1.20 bits per heavy atom. The van der Waals surface area contributed by atoms with Crippen molar-refractivity contribution in [3.8, 4) is 11.5 Å². The number of thioether (sulfide) groups is 1. The zero-order chi connectivity index (χ0) is 25.1. The van der Waals surface area contributed by atoms with Gasteiger partial charge in [-0.1, -0.05) is 11.8 Å². The molecule has 0 bridgehead atoms. The van der Waals surface area contributed by atoms with Crippen LogP contribution in [-0.2, 0) is 19.1 Å². The smallest absolute Gasteiger partial charge is 0.338 e. The third-order valence-electron chi connectivity index (χ3n) is 5.99. The lowest BCUT2D eigenvalue weighted by Crippen LogP contribution is -2.42. The van der Waals surface area contributed by atoms with Crippen molar-refractivity contribution in [2.45, 2.75) is 39.3 Å². The van der Waals surface area contributed by atoms with Gasteiger partial charge in [-0.15, -0.1) is 0 Å². The summed E-state index contributed by atoms with van der Waals surface area (Å²) < 4.78 is 22.2. The Morgan fingerprint density at radius 2 is 1.94 bits per heavy atom. The van der Waals surface area contributed by atoms with Crippen LogP contribution in [0.25, 0.3) is 0 Å². The van der Waals surface area contributed by atoms with Crippen molar-refractivity contribution < 1.29 is 28.5 Å². The van der Waals surface area contributed by atoms with Gasteiger partial charge in [-0.05, 0) is 44.4 Å². The lowest BCUT2D eigenvalue weighted by Gasteiger charge is -2.37. The highest BCUT2D eigenvalue weighted by Crippen LogP contribution is 2.47. The van der Waals surface area contributed by atoms with Crippen LogP contribution in [0.5, 0.6) is 11.5 Å². The molecule has 1 aromatic carbocycles. The lowest BCUT2D eigenvalue weighted by molar-refractivity contribution is -0.143. The number of allylic oxidation sites excluding steroid dienone is 1. The molecule has 4 rings (SSSR count). The first kappa shape index (κ1) is 25.1. The Kier molecular flexibility index (Phi) is 7.71. The van der Waals surface area contributed by atoms with E-state index in [0.717, 1.165) is 11.3 Å². The molecule has 0 saturated carbocycles. The summed E-state index contributed by atoms with van der Waals surface area (Å²) in [4.78, 5) is 35.0. The number of ether oxygens (including phenoxy) is 4. The second kappa shape index (κ2) is 10.7. The second-order valence-corrected chi connectivity index (χ2v) is 9.46. The zero-order valence-corrected chi connectivity index (χ0v) is 21.5. The number of amidine groups is 1. The van der Waals surface area contributed by atoms with Gasteiger partial charge in [-0.2, -0.15) is 0 Å². The van der Waals surface area contributed by atoms with E-state index in [0.29, 0.717) is 54.2 Å². The predicted molar refractivity (Wildman–Crippen MR) is 133 cm³/mol. The van der Waals surface area contributed by atoms with E-state index in [1.54, 1.807) is 27.2 Å². The number of carbonyl (C=O) groups excluding carboxylic acids is 2. The van der Waals surface area contributed by atoms with Gasteiger partial charge in [0.05, 0.1) is 57.3 Å². The largest absolute Gasteiger partial charge is 0.497 e. The number of nitrogens with zero attached hydrogens (tertiary/aromatic N) is 3. The second-order valence-electron chi connectivity index (χ2n) is 8.62. The van der Waals surface area contributed by atoms with Crippen LogP contribution in [0.15, 0.2) is 45.6 Å². The summed E-state index contributed by atoms with van der Waals surface area (Å²) in [6.07, 6.45) is -0.118. The fourth-order valence-corrected chi connectivity index (χ4v) is 5.30. The maximum atomic E-state index is 13.4. The highest BCUT2D eigenvalue weighted by Gasteiger charge is 2.43. The Labute approximate surface area is 209 Å². The normalized spacial score (nSPS) is 19.9. The number of carbonyl (C=O) groups is 2. The molecule has 0 aliphatic carbocycles. The lowest BCUT2D eigenvalue weighted by atomic mass is 9.92. The third-order valence-corrected chi connectivity index (χ3v) is 6.88. The van der Waals surface area contributed by atoms with Crippen LogP contribution in [0.1, 0.15) is 38.8 Å². The molecule has 0 unspecified atom stereocenters. The van der Waals surface area contributed by atoms with Crippen LogP contribution in [0, 0.1) is 0 Å². The zero-order valence-electron chi connectivity index (χ0n) is 20.7. The van der Waals surface area contributed by atoms with Gasteiger partial charge in [0.2, 0.25) is 5.91 Å². The monoisotopic (exact) mass is 501 g/mol. The summed E-state index contributed by atoms with van der Waals surface area (Å²) in [7, 11) is 3.18. The molecule has 3 aliphatic rings. The molecule has 0 spiro atoms. The number of morpholine rings is 1. The molecule has 9 nitrogen and oxygen atoms in total. The van der Waals surface area contributed by atoms with Crippen LogP contribution in [0.4, 0.5) is 0 Å². The van der Waals surface area contributed by atoms with Gasteiger partial charge in [0.15, 0.2) is 5.17 Å². The Morgan fingerprint density at radius 3 is 2.60 bits per heavy atom. The highest BCUT2D eigenvalue weighted by molar-refractivity contribution is 8.16. The van der Waals surface area contributed by atoms with Crippen molar-refractivity contribution in [3.63, 3.8) is 0 Å². The van der Waals surface area contributed by atoms with Crippen molar-refractivity contribution in [1.29, 1.82) is 0 Å². The fourth-order valence-electron chi connectivity index (χ4n) is 4.34. The van der Waals surface area contributed by atoms with Crippen LogP contribution in [0.2, 0.25) is 0 Å². The van der Waals surface area contributed by atoms with Crippen LogP contribution >= 0.6 is 11.8 Å². The molecule has 10 heteroatoms. The van der Waals surface area contributed by atoms with Gasteiger partial charge >= 0.3 is 5.97 Å². The standard InChI is InChI=1S/C25H31N3O6S/c1-15(2)34-24(30)22-16(3)26-25-28(23(22)19-13-18(31-4)6-7-20(19)32-5)17(14-35-25)12-21(29)27-8-10-33-11-9-27/h6-7,13-15,23H,8-12H2,1-5H3/t23-/m1/s1. The first-order chi connectivity index (χ1) is 16.8. The quantitative estimate of drug-likeness (QED) is 0.525. The van der Waals surface area contributed by atoms with E-state index >= 15 is 0 Å². The fraction of sp³-hybridized carbons (Fsp3) is 0.480. The molecule has 0 N–H and O–H groups in total. The minimum atomic E-state index is -0.600. The molecular weight excluding hydrogens is 470 g/mol. The Bertz CT molecular complexity index is 1090. The van der Waals surface area contributed by atoms with Gasteiger partial charge < -0.3 is 28.7 Å². The Balaban J connectivity index is 1.77. The van der Waals surface area contributed by atoms with Gasteiger partial charge in [0.1, 0.15) is 11.5 Å². The number of hydrogen-bond acceptors (Lipinski definition) is 9. The van der Waals surface area contributed by atoms with E-state index in [9.17, 15) is 9.59 Å². The number of hydrogen-bond donors (Lipinski definition) is 0. The minimum Gasteiger partial charge on any atom is -0.497 e. The first-order valence-electron chi connectivity index (χ1n) is 11.6. The molecule has 0 aromatic heterocycles. The summed E-state index contributed by atoms with van der Waals surface area (Å²) >= 11 is 1.44. The van der Waals surface area contributed by atoms with E-state index < -0.39 is 12.0 Å². The number of aliphatic imine (C=N–C) groups is 1. The number of benzene rings is 1. The summed E-state index contributed by atoms with van der Waals surface area (Å²) in [5.41, 5.74) is 2.46. The van der Waals surface area contributed by atoms with Gasteiger partial charge in [-0.25, -0.2) is 9.79 Å². The molecule has 3 aliphatic heterocycles. The van der Waals surface area contributed by atoms with E-state index in [2.05, 4.69) is 0 Å². The van der Waals surface area contributed by atoms with Crippen molar-refractivity contribution in [2.24, 2.45) is 4.99 Å². The third kappa shape index (κ3) is 5.18. The van der Waals surface area contributed by atoms with Crippen molar-refractivity contribution in [3.05, 3.63) is 46.1 Å². The average Bonchev–Trinajstić information content (AvgIpc) is 3.24. The van der Waals surface area contributed by atoms with Crippen LogP contribution in [-0.4, -0.2) is 73.5 Å². The number of rotatable bonds is 7.